The van der Waals surface area contributed by atoms with Gasteiger partial charge in [-0.15, -0.1) is 21.5 Å². The lowest BCUT2D eigenvalue weighted by atomic mass is 10.1. The molecule has 2 amide bonds. The molecule has 1 unspecified atom stereocenters. The van der Waals surface area contributed by atoms with E-state index in [1.165, 1.54) is 12.1 Å². The second-order valence-electron chi connectivity index (χ2n) is 7.60. The predicted octanol–water partition coefficient (Wildman–Crippen LogP) is 4.61. The zero-order chi connectivity index (χ0) is 27.3. The van der Waals surface area contributed by atoms with Gasteiger partial charge in [0.2, 0.25) is 5.91 Å². The van der Waals surface area contributed by atoms with Gasteiger partial charge in [-0.1, -0.05) is 23.4 Å². The van der Waals surface area contributed by atoms with Crippen molar-refractivity contribution in [3.8, 4) is 5.75 Å². The smallest absolute Gasteiger partial charge is 0.341 e. The number of carbonyl (C=O) groups is 3. The minimum atomic E-state index is -0.704. The molecule has 0 radical (unpaired) electrons. The summed E-state index contributed by atoms with van der Waals surface area (Å²) < 4.78 is 26.0. The minimum Gasteiger partial charge on any atom is -0.481 e. The molecule has 1 atom stereocenters. The number of amides is 2. The number of nitrogens with two attached hydrogens (primary N) is 1. The lowest BCUT2D eigenvalue weighted by molar-refractivity contribution is -0.113. The molecule has 3 rings (SSSR count). The van der Waals surface area contributed by atoms with E-state index in [-0.39, 0.29) is 32.8 Å². The van der Waals surface area contributed by atoms with Crippen LogP contribution in [0.1, 0.15) is 58.3 Å². The van der Waals surface area contributed by atoms with Crippen molar-refractivity contribution < 1.29 is 28.2 Å². The van der Waals surface area contributed by atoms with Gasteiger partial charge < -0.3 is 25.1 Å². The Morgan fingerprint density at radius 1 is 1.30 bits per heavy atom. The topological polar surface area (TPSA) is 138 Å². The number of nitrogens with one attached hydrogen (secondary N) is 1. The van der Waals surface area contributed by atoms with Crippen LogP contribution in [0.15, 0.2) is 23.4 Å². The molecule has 10 nitrogen and oxygen atoms in total. The Balaban J connectivity index is 1.72. The standard InChI is InChI=1S/C23H25ClFN5O5S2/c1-5-30-20(12(4)35-15-8-7-13(25)9-14(15)24)28-29-23(30)36-10-16(31)27-21-17(22(33)34-6-2)11(3)18(37-21)19(26)32/h7-9,12H,5-6,10H2,1-4H3,(H2,26,32)(H,27,31). The summed E-state index contributed by atoms with van der Waals surface area (Å²) in [5.41, 5.74) is 5.86. The molecule has 0 aliphatic heterocycles. The largest absolute Gasteiger partial charge is 0.481 e. The number of ether oxygens (including phenoxy) is 2. The molecule has 14 heteroatoms. The van der Waals surface area contributed by atoms with E-state index in [4.69, 9.17) is 26.8 Å². The highest BCUT2D eigenvalue weighted by Gasteiger charge is 2.26. The van der Waals surface area contributed by atoms with Crippen molar-refractivity contribution in [2.24, 2.45) is 5.73 Å². The highest BCUT2D eigenvalue weighted by molar-refractivity contribution is 7.99. The Kier molecular flexibility index (Phi) is 9.51. The number of thioether (sulfide) groups is 1. The van der Waals surface area contributed by atoms with Crippen LogP contribution in [0.25, 0.3) is 0 Å². The Morgan fingerprint density at radius 3 is 2.65 bits per heavy atom. The van der Waals surface area contributed by atoms with Gasteiger partial charge in [0.25, 0.3) is 5.91 Å². The van der Waals surface area contributed by atoms with Crippen LogP contribution in [-0.4, -0.2) is 44.9 Å². The normalized spacial score (nSPS) is 11.7. The van der Waals surface area contributed by atoms with Crippen LogP contribution in [0, 0.1) is 12.7 Å². The number of primary amides is 1. The molecule has 0 aliphatic rings. The third-order valence-electron chi connectivity index (χ3n) is 5.06. The molecule has 0 fully saturated rings. The summed E-state index contributed by atoms with van der Waals surface area (Å²) in [5.74, 6) is -1.52. The van der Waals surface area contributed by atoms with E-state index in [1.54, 1.807) is 25.3 Å². The minimum absolute atomic E-state index is 0.0533. The lowest BCUT2D eigenvalue weighted by Crippen LogP contribution is -2.17. The predicted molar refractivity (Wildman–Crippen MR) is 139 cm³/mol. The highest BCUT2D eigenvalue weighted by atomic mass is 35.5. The van der Waals surface area contributed by atoms with Gasteiger partial charge >= 0.3 is 5.97 Å². The van der Waals surface area contributed by atoms with Gasteiger partial charge in [0, 0.05) is 6.54 Å². The van der Waals surface area contributed by atoms with Crippen molar-refractivity contribution in [2.75, 3.05) is 17.7 Å². The first kappa shape index (κ1) is 28.4. The van der Waals surface area contributed by atoms with Crippen LogP contribution < -0.4 is 15.8 Å². The summed E-state index contributed by atoms with van der Waals surface area (Å²) in [5, 5.41) is 11.8. The van der Waals surface area contributed by atoms with E-state index in [0.29, 0.717) is 28.8 Å². The molecule has 198 valence electrons. The van der Waals surface area contributed by atoms with E-state index < -0.39 is 29.7 Å². The van der Waals surface area contributed by atoms with Gasteiger partial charge in [0.15, 0.2) is 17.1 Å². The summed E-state index contributed by atoms with van der Waals surface area (Å²) in [6, 6.07) is 3.83. The monoisotopic (exact) mass is 569 g/mol. The van der Waals surface area contributed by atoms with Crippen LogP contribution >= 0.6 is 34.7 Å². The Bertz CT molecular complexity index is 1330. The van der Waals surface area contributed by atoms with Crippen molar-refractivity contribution in [3.05, 3.63) is 50.9 Å². The van der Waals surface area contributed by atoms with Crippen LogP contribution in [-0.2, 0) is 16.1 Å². The molecule has 1 aromatic carbocycles. The van der Waals surface area contributed by atoms with E-state index in [2.05, 4.69) is 15.5 Å². The quantitative estimate of drug-likeness (QED) is 0.252. The third-order valence-corrected chi connectivity index (χ3v) is 7.54. The lowest BCUT2D eigenvalue weighted by Gasteiger charge is -2.16. The number of halogens is 2. The molecule has 0 spiro atoms. The van der Waals surface area contributed by atoms with Crippen molar-refractivity contribution in [1.82, 2.24) is 14.8 Å². The zero-order valence-electron chi connectivity index (χ0n) is 20.5. The van der Waals surface area contributed by atoms with E-state index in [0.717, 1.165) is 29.2 Å². The molecule has 0 saturated carbocycles. The number of hydrogen-bond acceptors (Lipinski definition) is 9. The number of anilines is 1. The average Bonchev–Trinajstić information content (AvgIpc) is 3.40. The van der Waals surface area contributed by atoms with Gasteiger partial charge in [-0.25, -0.2) is 9.18 Å². The maximum absolute atomic E-state index is 13.3. The van der Waals surface area contributed by atoms with Crippen molar-refractivity contribution in [1.29, 1.82) is 0 Å². The number of thiophene rings is 1. The molecule has 2 heterocycles. The van der Waals surface area contributed by atoms with Crippen molar-refractivity contribution >= 4 is 57.5 Å². The molecular weight excluding hydrogens is 545 g/mol. The van der Waals surface area contributed by atoms with Crippen molar-refractivity contribution in [2.45, 2.75) is 45.5 Å². The van der Waals surface area contributed by atoms with Gasteiger partial charge in [-0.2, -0.15) is 0 Å². The number of benzene rings is 1. The van der Waals surface area contributed by atoms with Crippen LogP contribution in [0.2, 0.25) is 5.02 Å². The number of esters is 1. The fourth-order valence-corrected chi connectivity index (χ4v) is 5.48. The fourth-order valence-electron chi connectivity index (χ4n) is 3.40. The number of rotatable bonds is 11. The number of carbonyl (C=O) groups excluding carboxylic acids is 3. The number of hydrogen-bond donors (Lipinski definition) is 2. The molecular formula is C23H25ClFN5O5S2. The molecule has 2 aromatic heterocycles. The van der Waals surface area contributed by atoms with Crippen LogP contribution in [0.5, 0.6) is 5.75 Å². The molecule has 3 aromatic rings. The van der Waals surface area contributed by atoms with E-state index >= 15 is 0 Å². The number of aromatic nitrogens is 3. The summed E-state index contributed by atoms with van der Waals surface area (Å²) in [6.07, 6.45) is -0.563. The summed E-state index contributed by atoms with van der Waals surface area (Å²) in [6.45, 7) is 7.50. The molecule has 3 N–H and O–H groups in total. The van der Waals surface area contributed by atoms with Crippen LogP contribution in [0.4, 0.5) is 9.39 Å². The third kappa shape index (κ3) is 6.59. The highest BCUT2D eigenvalue weighted by Crippen LogP contribution is 2.34. The summed E-state index contributed by atoms with van der Waals surface area (Å²) in [7, 11) is 0. The van der Waals surface area contributed by atoms with E-state index in [1.807, 2.05) is 6.92 Å². The maximum Gasteiger partial charge on any atom is 0.341 e. The maximum atomic E-state index is 13.3. The van der Waals surface area contributed by atoms with Crippen molar-refractivity contribution in [3.63, 3.8) is 0 Å². The Morgan fingerprint density at radius 2 is 2.03 bits per heavy atom. The fraction of sp³-hybridized carbons (Fsp3) is 0.348. The van der Waals surface area contributed by atoms with Crippen LogP contribution in [0.3, 0.4) is 0 Å². The summed E-state index contributed by atoms with van der Waals surface area (Å²) in [4.78, 5) is 37.1. The number of nitrogens with zero attached hydrogens (tertiary/aromatic N) is 3. The Hall–Kier alpha value is -3.16. The first-order valence-corrected chi connectivity index (χ1v) is 13.3. The molecule has 0 bridgehead atoms. The average molecular weight is 570 g/mol. The van der Waals surface area contributed by atoms with Gasteiger partial charge in [-0.3, -0.25) is 9.59 Å². The second-order valence-corrected chi connectivity index (χ2v) is 9.97. The van der Waals surface area contributed by atoms with Gasteiger partial charge in [0.1, 0.15) is 16.6 Å². The SMILES string of the molecule is CCOC(=O)c1c(NC(=O)CSc2nnc(C(C)Oc3ccc(F)cc3Cl)n2CC)sc(C(N)=O)c1C. The first-order chi connectivity index (χ1) is 17.6. The molecule has 0 aliphatic carbocycles. The van der Waals surface area contributed by atoms with Gasteiger partial charge in [-0.05, 0) is 51.5 Å². The first-order valence-electron chi connectivity index (χ1n) is 11.1. The molecule has 37 heavy (non-hydrogen) atoms. The zero-order valence-corrected chi connectivity index (χ0v) is 22.9. The Labute approximate surface area is 225 Å². The van der Waals surface area contributed by atoms with E-state index in [9.17, 15) is 18.8 Å². The summed E-state index contributed by atoms with van der Waals surface area (Å²) >= 11 is 8.11. The second kappa shape index (κ2) is 12.4. The molecule has 0 saturated heterocycles. The van der Waals surface area contributed by atoms with Gasteiger partial charge in [0.05, 0.1) is 27.8 Å².